The molecule has 3 aliphatic carbocycles. The van der Waals surface area contributed by atoms with Crippen molar-refractivity contribution < 1.29 is 9.47 Å². The molecule has 0 bridgehead atoms. The van der Waals surface area contributed by atoms with Crippen LogP contribution in [0.1, 0.15) is 224 Å². The normalized spacial score (nSPS) is 21.5. The van der Waals surface area contributed by atoms with Gasteiger partial charge in [-0.2, -0.15) is 21.0 Å². The molecule has 0 saturated carbocycles. The zero-order chi connectivity index (χ0) is 69.3. The van der Waals surface area contributed by atoms with Gasteiger partial charge in [-0.05, 0) is 233 Å². The van der Waals surface area contributed by atoms with E-state index in [9.17, 15) is 21.0 Å². The maximum absolute atomic E-state index is 10.2. The first-order chi connectivity index (χ1) is 45.7. The van der Waals surface area contributed by atoms with E-state index in [4.69, 9.17) is 9.47 Å². The zero-order valence-electron chi connectivity index (χ0n) is 60.8. The Labute approximate surface area is 579 Å². The first-order valence-electron chi connectivity index (χ1n) is 35.7. The summed E-state index contributed by atoms with van der Waals surface area (Å²) in [5, 5.41) is 43.5. The van der Waals surface area contributed by atoms with Gasteiger partial charge in [0.15, 0.2) is 0 Å². The lowest BCUT2D eigenvalue weighted by molar-refractivity contribution is 0.191. The fourth-order valence-electron chi connectivity index (χ4n) is 16.8. The molecule has 8 nitrogen and oxygen atoms in total. The predicted molar refractivity (Wildman–Crippen MR) is 398 cm³/mol. The van der Waals surface area contributed by atoms with Crippen molar-refractivity contribution in [3.8, 4) is 24.3 Å². The number of hydrogen-bond acceptors (Lipinski definition) is 8. The van der Waals surface area contributed by atoms with E-state index in [1.165, 1.54) is 88.9 Å². The molecule has 0 saturated heterocycles. The lowest BCUT2D eigenvalue weighted by atomic mass is 9.60. The molecule has 0 aromatic heterocycles. The number of nitrogens with zero attached hydrogens (tertiary/aromatic N) is 6. The molecule has 496 valence electrons. The number of allylic oxidation sites excluding steroid dienone is 20. The minimum atomic E-state index is -0.612. The van der Waals surface area contributed by atoms with E-state index in [0.29, 0.717) is 53.1 Å². The summed E-state index contributed by atoms with van der Waals surface area (Å²) in [7, 11) is 0. The number of aryl methyl sites for hydroxylation is 2. The summed E-state index contributed by atoms with van der Waals surface area (Å²) in [5.41, 5.74) is 22.4. The maximum atomic E-state index is 10.2. The lowest BCUT2D eigenvalue weighted by Crippen LogP contribution is -2.45. The van der Waals surface area contributed by atoms with Gasteiger partial charge >= 0.3 is 0 Å². The summed E-state index contributed by atoms with van der Waals surface area (Å²) in [4.78, 5) is 5.33. The third-order valence-corrected chi connectivity index (χ3v) is 23.0. The third kappa shape index (κ3) is 12.5. The van der Waals surface area contributed by atoms with Crippen molar-refractivity contribution in [2.45, 2.75) is 209 Å². The van der Waals surface area contributed by atoms with E-state index in [0.717, 1.165) is 75.7 Å². The quantitative estimate of drug-likeness (QED) is 0.136. The van der Waals surface area contributed by atoms with Crippen LogP contribution >= 0.6 is 0 Å². The van der Waals surface area contributed by atoms with Crippen molar-refractivity contribution in [1.82, 2.24) is 0 Å². The van der Waals surface area contributed by atoms with Crippen LogP contribution in [0, 0.1) is 67.5 Å². The summed E-state index contributed by atoms with van der Waals surface area (Å²) in [6.45, 7) is 43.1. The Kier molecular flexibility index (Phi) is 16.5. The van der Waals surface area contributed by atoms with Crippen LogP contribution in [0.4, 0.5) is 11.4 Å². The highest BCUT2D eigenvalue weighted by Gasteiger charge is 2.45. The molecule has 13 rings (SSSR count). The molecular weight excluding hydrogens is 1190 g/mol. The van der Waals surface area contributed by atoms with Gasteiger partial charge in [0, 0.05) is 71.9 Å². The molecule has 0 radical (unpaired) electrons. The molecule has 3 atom stereocenters. The van der Waals surface area contributed by atoms with Gasteiger partial charge in [0.25, 0.3) is 0 Å². The Bertz CT molecular complexity index is 4550. The topological polar surface area (TPSA) is 120 Å². The summed E-state index contributed by atoms with van der Waals surface area (Å²) in [6.07, 6.45) is 34.0. The summed E-state index contributed by atoms with van der Waals surface area (Å²) >= 11 is 0. The molecule has 0 spiro atoms. The predicted octanol–water partition coefficient (Wildman–Crippen LogP) is 21.6. The van der Waals surface area contributed by atoms with E-state index in [-0.39, 0.29) is 55.5 Å². The van der Waals surface area contributed by atoms with Gasteiger partial charge in [-0.15, -0.1) is 0 Å². The molecule has 6 aliphatic heterocycles. The second kappa shape index (κ2) is 24.0. The van der Waals surface area contributed by atoms with Gasteiger partial charge in [-0.1, -0.05) is 178 Å². The van der Waals surface area contributed by atoms with Crippen LogP contribution in [0.15, 0.2) is 171 Å². The first kappa shape index (κ1) is 66.8. The van der Waals surface area contributed by atoms with Gasteiger partial charge in [-0.3, -0.25) is 0 Å². The summed E-state index contributed by atoms with van der Waals surface area (Å²) in [5.74, 6) is 2.87. The summed E-state index contributed by atoms with van der Waals surface area (Å²) in [6, 6.07) is 28.5. The molecular formula is C89H98N6O2. The minimum Gasteiger partial charge on any atom is -0.462 e. The third-order valence-electron chi connectivity index (χ3n) is 23.0. The Morgan fingerprint density at radius 2 is 1.16 bits per heavy atom. The maximum Gasteiger partial charge on any atom is 0.137 e. The number of nitriles is 4. The van der Waals surface area contributed by atoms with E-state index in [1.54, 1.807) is 18.2 Å². The van der Waals surface area contributed by atoms with Crippen LogP contribution in [0.25, 0.3) is 28.5 Å². The van der Waals surface area contributed by atoms with Gasteiger partial charge in [0.2, 0.25) is 0 Å². The number of fused-ring (bicyclic) bond motifs is 2. The lowest BCUT2D eigenvalue weighted by Gasteiger charge is -2.48. The largest absolute Gasteiger partial charge is 0.462 e. The number of rotatable bonds is 11. The first-order valence-corrected chi connectivity index (χ1v) is 35.7. The highest BCUT2D eigenvalue weighted by Crippen LogP contribution is 2.59. The number of ether oxygens (including phenoxy) is 2. The van der Waals surface area contributed by atoms with Crippen molar-refractivity contribution in [2.75, 3.05) is 29.4 Å². The fourth-order valence-corrected chi connectivity index (χ4v) is 16.8. The Balaban J connectivity index is 0.742. The Hall–Kier alpha value is -8.82. The highest BCUT2D eigenvalue weighted by molar-refractivity contribution is 6.03. The average Bonchev–Trinajstić information content (AvgIpc) is 0.704. The van der Waals surface area contributed by atoms with Crippen LogP contribution in [-0.2, 0) is 44.0 Å². The number of benzene rings is 4. The van der Waals surface area contributed by atoms with Crippen LogP contribution in [0.3, 0.4) is 0 Å². The van der Waals surface area contributed by atoms with Crippen molar-refractivity contribution >= 4 is 39.9 Å². The van der Waals surface area contributed by atoms with Gasteiger partial charge in [0.1, 0.15) is 58.5 Å². The van der Waals surface area contributed by atoms with E-state index in [2.05, 4.69) is 237 Å². The molecule has 97 heavy (non-hydrogen) atoms. The van der Waals surface area contributed by atoms with Crippen molar-refractivity contribution in [2.24, 2.45) is 22.2 Å². The standard InChI is InChI=1S/C89H98N6O2/c1-83(2,3)64-37-60-38-65(84(4,5)6)47-74-75-48-67(40-61-39-66(85(7,8)9)46-73(80(61)75)72(45-64)79(60)74)89(16,17)49-68-23-22-57-34-54(33-56-19-18-30-95(68)81(56)57)20-24-69-41-58(62(50-90)51-91)42-71(96-69)26-27-88(14,15)78-44-59(63(52-92)53-93)43-70(97-78)25-21-55-35-76-82-77(36-55)87(12,13)29-32-94(82)31-28-86(76,10)11/h20-21,24-25,33-48,68,72,79H,18-19,22-23,26-32,49H2,1-17H3/b24-20+,25-21+. The smallest absolute Gasteiger partial charge is 0.137 e. The van der Waals surface area contributed by atoms with E-state index < -0.39 is 5.41 Å². The van der Waals surface area contributed by atoms with Gasteiger partial charge in [0.05, 0.1) is 0 Å². The molecule has 0 N–H and O–H groups in total. The Morgan fingerprint density at radius 1 is 0.577 bits per heavy atom. The van der Waals surface area contributed by atoms with Crippen LogP contribution < -0.4 is 9.80 Å². The molecule has 0 fully saturated rings. The zero-order valence-corrected chi connectivity index (χ0v) is 60.8. The average molecular weight is 1280 g/mol. The molecule has 3 unspecified atom stereocenters. The fraction of sp³-hybridized carbons (Fsp3) is 0.438. The van der Waals surface area contributed by atoms with Crippen LogP contribution in [0.5, 0.6) is 0 Å². The number of hydrogen-bond donors (Lipinski definition) is 0. The van der Waals surface area contributed by atoms with Crippen LogP contribution in [0.2, 0.25) is 0 Å². The van der Waals surface area contributed by atoms with Crippen molar-refractivity contribution in [1.29, 1.82) is 21.0 Å². The van der Waals surface area contributed by atoms with Crippen LogP contribution in [-0.4, -0.2) is 25.7 Å². The molecule has 8 heteroatoms. The molecule has 9 aliphatic rings. The second-order valence-corrected chi connectivity index (χ2v) is 35.0. The van der Waals surface area contributed by atoms with Gasteiger partial charge in [-0.25, -0.2) is 0 Å². The molecule has 6 heterocycles. The highest BCUT2D eigenvalue weighted by atomic mass is 16.5. The monoisotopic (exact) mass is 1280 g/mol. The minimum absolute atomic E-state index is 0.0000994. The van der Waals surface area contributed by atoms with Crippen molar-refractivity contribution in [3.05, 3.63) is 227 Å². The SMILES string of the molecule is CC(C)(C)C1=CC2=CC(C(C)(C)C)=CC3c4cc(C(C)(C)C)cc5cc(C(C)(C)CC6CCc7cc(/C=C/C8=CC(=C(C#N)C#N)C=C(CCC(C)(C)C9=CC(=C(C#N)C#N)C=C(/C=C/c%10cc%11c%12c(c%10)C(C)(C)CCN%12CCC%11(C)C)O9)O8)cc8c7N6CCC8)cc(c45)C(=C1)C23. The number of anilines is 2. The second-order valence-electron chi connectivity index (χ2n) is 35.0. The van der Waals surface area contributed by atoms with E-state index >= 15 is 0 Å². The van der Waals surface area contributed by atoms with E-state index in [1.807, 2.05) is 18.2 Å². The molecule has 0 amide bonds. The van der Waals surface area contributed by atoms with Gasteiger partial charge < -0.3 is 19.3 Å². The summed E-state index contributed by atoms with van der Waals surface area (Å²) < 4.78 is 13.4. The molecule has 4 aromatic carbocycles. The molecule has 4 aromatic rings. The Morgan fingerprint density at radius 3 is 1.77 bits per heavy atom. The van der Waals surface area contributed by atoms with Crippen molar-refractivity contribution in [3.63, 3.8) is 0 Å².